The van der Waals surface area contributed by atoms with Crippen LogP contribution in [0.5, 0.6) is 0 Å². The van der Waals surface area contributed by atoms with Gasteiger partial charge in [-0.3, -0.25) is 4.79 Å². The monoisotopic (exact) mass is 242 g/mol. The van der Waals surface area contributed by atoms with Crippen molar-refractivity contribution in [1.82, 2.24) is 0 Å². The van der Waals surface area contributed by atoms with Gasteiger partial charge in [0, 0.05) is 5.41 Å². The lowest BCUT2D eigenvalue weighted by Crippen LogP contribution is -2.15. The van der Waals surface area contributed by atoms with Crippen LogP contribution in [0.4, 0.5) is 4.39 Å². The molecule has 0 radical (unpaired) electrons. The highest BCUT2D eigenvalue weighted by atomic mass is 35.5. The summed E-state index contributed by atoms with van der Waals surface area (Å²) >= 11 is 5.77. The molecule has 1 aromatic rings. The highest BCUT2D eigenvalue weighted by molar-refractivity contribution is 6.30. The van der Waals surface area contributed by atoms with Gasteiger partial charge in [0.1, 0.15) is 5.82 Å². The number of benzene rings is 1. The van der Waals surface area contributed by atoms with Crippen molar-refractivity contribution in [3.05, 3.63) is 34.1 Å². The van der Waals surface area contributed by atoms with E-state index in [1.807, 2.05) is 6.92 Å². The first-order valence-electron chi connectivity index (χ1n) is 5.12. The Bertz CT molecular complexity index is 453. The number of carboxylic acid groups (broad SMARTS) is 1. The van der Waals surface area contributed by atoms with E-state index in [4.69, 9.17) is 16.7 Å². The number of carbonyl (C=O) groups is 1. The zero-order valence-electron chi connectivity index (χ0n) is 8.89. The van der Waals surface area contributed by atoms with E-state index in [0.29, 0.717) is 5.56 Å². The first-order valence-corrected chi connectivity index (χ1v) is 5.50. The highest BCUT2D eigenvalue weighted by Crippen LogP contribution is 2.52. The first kappa shape index (κ1) is 11.4. The molecule has 4 heteroatoms. The summed E-state index contributed by atoms with van der Waals surface area (Å²) in [5.74, 6) is -1.36. The molecule has 0 spiro atoms. The van der Waals surface area contributed by atoms with E-state index in [2.05, 4.69) is 0 Å². The van der Waals surface area contributed by atoms with E-state index < -0.39 is 17.2 Å². The lowest BCUT2D eigenvalue weighted by Gasteiger charge is -2.15. The van der Waals surface area contributed by atoms with Gasteiger partial charge in [-0.25, -0.2) is 4.39 Å². The smallest absolute Gasteiger partial charge is 0.304 e. The molecule has 1 aliphatic rings. The molecule has 0 aromatic heterocycles. The molecule has 86 valence electrons. The molecular formula is C12H12ClFO2. The summed E-state index contributed by atoms with van der Waals surface area (Å²) in [4.78, 5) is 10.8. The van der Waals surface area contributed by atoms with Gasteiger partial charge in [0.15, 0.2) is 0 Å². The SMILES string of the molecule is Cc1cc(Cl)c(F)c(C2(CC(=O)O)CC2)c1. The standard InChI is InChI=1S/C12H12ClFO2/c1-7-4-8(11(14)9(13)5-7)12(2-3-12)6-10(15)16/h4-5H,2-3,6H2,1H3,(H,15,16). The van der Waals surface area contributed by atoms with Gasteiger partial charge in [0.05, 0.1) is 11.4 Å². The Balaban J connectivity index is 2.44. The molecular weight excluding hydrogens is 231 g/mol. The van der Waals surface area contributed by atoms with Crippen molar-refractivity contribution in [2.75, 3.05) is 0 Å². The van der Waals surface area contributed by atoms with Crippen LogP contribution in [0.25, 0.3) is 0 Å². The fraction of sp³-hybridized carbons (Fsp3) is 0.417. The van der Waals surface area contributed by atoms with Gasteiger partial charge in [0.2, 0.25) is 0 Å². The van der Waals surface area contributed by atoms with E-state index >= 15 is 0 Å². The van der Waals surface area contributed by atoms with Crippen molar-refractivity contribution >= 4 is 17.6 Å². The minimum Gasteiger partial charge on any atom is -0.481 e. The fourth-order valence-corrected chi connectivity index (χ4v) is 2.37. The van der Waals surface area contributed by atoms with Crippen molar-refractivity contribution in [3.63, 3.8) is 0 Å². The van der Waals surface area contributed by atoms with Gasteiger partial charge >= 0.3 is 5.97 Å². The van der Waals surface area contributed by atoms with Crippen LogP contribution >= 0.6 is 11.6 Å². The van der Waals surface area contributed by atoms with Crippen molar-refractivity contribution < 1.29 is 14.3 Å². The van der Waals surface area contributed by atoms with Gasteiger partial charge in [-0.05, 0) is 37.0 Å². The molecule has 0 saturated heterocycles. The van der Waals surface area contributed by atoms with Crippen LogP contribution in [0.2, 0.25) is 5.02 Å². The van der Waals surface area contributed by atoms with E-state index in [-0.39, 0.29) is 11.4 Å². The van der Waals surface area contributed by atoms with Crippen molar-refractivity contribution in [1.29, 1.82) is 0 Å². The Labute approximate surface area is 98.0 Å². The molecule has 1 fully saturated rings. The number of aliphatic carboxylic acids is 1. The largest absolute Gasteiger partial charge is 0.481 e. The molecule has 0 amide bonds. The molecule has 0 bridgehead atoms. The van der Waals surface area contributed by atoms with E-state index in [1.165, 1.54) is 0 Å². The van der Waals surface area contributed by atoms with Crippen molar-refractivity contribution in [3.8, 4) is 0 Å². The van der Waals surface area contributed by atoms with Crippen LogP contribution in [0.1, 0.15) is 30.4 Å². The number of aryl methyl sites for hydroxylation is 1. The van der Waals surface area contributed by atoms with E-state index in [0.717, 1.165) is 18.4 Å². The summed E-state index contributed by atoms with van der Waals surface area (Å²) in [5.41, 5.74) is 0.795. The molecule has 0 atom stereocenters. The Morgan fingerprint density at radius 2 is 2.19 bits per heavy atom. The predicted octanol–water partition coefficient (Wildman–Crippen LogP) is 3.29. The number of hydrogen-bond acceptors (Lipinski definition) is 1. The minimum absolute atomic E-state index is 0.0241. The van der Waals surface area contributed by atoms with Crippen LogP contribution in [-0.2, 0) is 10.2 Å². The van der Waals surface area contributed by atoms with Crippen molar-refractivity contribution in [2.45, 2.75) is 31.6 Å². The van der Waals surface area contributed by atoms with Gasteiger partial charge in [0.25, 0.3) is 0 Å². The number of halogens is 2. The number of carboxylic acids is 1. The topological polar surface area (TPSA) is 37.3 Å². The molecule has 1 aliphatic carbocycles. The molecule has 0 unspecified atom stereocenters. The van der Waals surface area contributed by atoms with Gasteiger partial charge in [-0.15, -0.1) is 0 Å². The van der Waals surface area contributed by atoms with Crippen LogP contribution < -0.4 is 0 Å². The van der Waals surface area contributed by atoms with Gasteiger partial charge in [-0.1, -0.05) is 17.7 Å². The normalized spacial score (nSPS) is 17.2. The maximum Gasteiger partial charge on any atom is 0.304 e. The predicted molar refractivity (Wildman–Crippen MR) is 59.3 cm³/mol. The third kappa shape index (κ3) is 1.92. The molecule has 2 rings (SSSR count). The van der Waals surface area contributed by atoms with E-state index in [1.54, 1.807) is 12.1 Å². The summed E-state index contributed by atoms with van der Waals surface area (Å²) in [5, 5.41) is 8.90. The third-order valence-corrected chi connectivity index (χ3v) is 3.36. The summed E-state index contributed by atoms with van der Waals surface area (Å²) in [6.45, 7) is 1.83. The second-order valence-electron chi connectivity index (χ2n) is 4.46. The molecule has 1 saturated carbocycles. The summed E-state index contributed by atoms with van der Waals surface area (Å²) in [6.07, 6.45) is 1.41. The first-order chi connectivity index (χ1) is 7.44. The Kier molecular flexibility index (Phi) is 2.66. The maximum atomic E-state index is 13.8. The average Bonchev–Trinajstić information content (AvgIpc) is 2.91. The van der Waals surface area contributed by atoms with Crippen LogP contribution in [-0.4, -0.2) is 11.1 Å². The molecule has 1 aromatic carbocycles. The van der Waals surface area contributed by atoms with Crippen molar-refractivity contribution in [2.24, 2.45) is 0 Å². The van der Waals surface area contributed by atoms with Crippen LogP contribution in [0, 0.1) is 12.7 Å². The molecule has 1 N–H and O–H groups in total. The van der Waals surface area contributed by atoms with Gasteiger partial charge < -0.3 is 5.11 Å². The quantitative estimate of drug-likeness (QED) is 0.883. The fourth-order valence-electron chi connectivity index (χ4n) is 2.09. The zero-order chi connectivity index (χ0) is 11.9. The summed E-state index contributed by atoms with van der Waals surface area (Å²) in [7, 11) is 0. The second kappa shape index (κ2) is 3.74. The van der Waals surface area contributed by atoms with E-state index in [9.17, 15) is 9.18 Å². The Morgan fingerprint density at radius 1 is 1.56 bits per heavy atom. The minimum atomic E-state index is -0.894. The average molecular weight is 243 g/mol. The number of hydrogen-bond donors (Lipinski definition) is 1. The summed E-state index contributed by atoms with van der Waals surface area (Å²) < 4.78 is 13.8. The summed E-state index contributed by atoms with van der Waals surface area (Å²) in [6, 6.07) is 3.26. The Morgan fingerprint density at radius 3 is 2.69 bits per heavy atom. The highest BCUT2D eigenvalue weighted by Gasteiger charge is 2.48. The number of rotatable bonds is 3. The Hall–Kier alpha value is -1.09. The molecule has 0 aliphatic heterocycles. The van der Waals surface area contributed by atoms with Crippen LogP contribution in [0.15, 0.2) is 12.1 Å². The zero-order valence-corrected chi connectivity index (χ0v) is 9.64. The third-order valence-electron chi connectivity index (χ3n) is 3.09. The lowest BCUT2D eigenvalue weighted by molar-refractivity contribution is -0.137. The molecule has 2 nitrogen and oxygen atoms in total. The van der Waals surface area contributed by atoms with Gasteiger partial charge in [-0.2, -0.15) is 0 Å². The lowest BCUT2D eigenvalue weighted by atomic mass is 9.91. The van der Waals surface area contributed by atoms with Crippen LogP contribution in [0.3, 0.4) is 0 Å². The molecule has 16 heavy (non-hydrogen) atoms. The second-order valence-corrected chi connectivity index (χ2v) is 4.87. The maximum absolute atomic E-state index is 13.8. The molecule has 0 heterocycles.